The van der Waals surface area contributed by atoms with Gasteiger partial charge in [0.15, 0.2) is 0 Å². The summed E-state index contributed by atoms with van der Waals surface area (Å²) >= 11 is 6.14. The van der Waals surface area contributed by atoms with Crippen molar-refractivity contribution in [3.05, 3.63) is 54.8 Å². The number of hydrogen-bond acceptors (Lipinski definition) is 6. The second-order valence-electron chi connectivity index (χ2n) is 6.26. The van der Waals surface area contributed by atoms with Gasteiger partial charge in [-0.05, 0) is 40.0 Å². The molecular formula is C18H14BrN5O2S2. The average Bonchev–Trinajstić information content (AvgIpc) is 3.38. The number of aryl methyl sites for hydroxylation is 1. The molecule has 1 aliphatic heterocycles. The number of rotatable bonds is 3. The molecule has 4 rings (SSSR count). The molecule has 0 saturated carbocycles. The molecule has 10 heteroatoms. The van der Waals surface area contributed by atoms with Gasteiger partial charge in [-0.15, -0.1) is 22.7 Å². The fourth-order valence-corrected chi connectivity index (χ4v) is 5.64. The van der Waals surface area contributed by atoms with Crippen molar-refractivity contribution in [1.82, 2.24) is 14.7 Å². The third kappa shape index (κ3) is 3.48. The number of carbonyl (C=O) groups is 2. The molecule has 1 N–H and O–H groups in total. The van der Waals surface area contributed by atoms with Crippen LogP contribution in [0.4, 0.5) is 5.00 Å². The number of aromatic nitrogens is 2. The number of thiophene rings is 2. The van der Waals surface area contributed by atoms with Gasteiger partial charge in [-0.1, -0.05) is 0 Å². The van der Waals surface area contributed by atoms with Gasteiger partial charge < -0.3 is 10.2 Å². The Kier molecular flexibility index (Phi) is 5.05. The van der Waals surface area contributed by atoms with Gasteiger partial charge in [0, 0.05) is 24.7 Å². The van der Waals surface area contributed by atoms with E-state index in [1.54, 1.807) is 28.9 Å². The molecule has 0 atom stereocenters. The van der Waals surface area contributed by atoms with Crippen LogP contribution in [0.3, 0.4) is 0 Å². The van der Waals surface area contributed by atoms with Crippen LogP contribution in [0.2, 0.25) is 0 Å². The lowest BCUT2D eigenvalue weighted by Crippen LogP contribution is -2.35. The van der Waals surface area contributed by atoms with E-state index in [2.05, 4.69) is 32.4 Å². The van der Waals surface area contributed by atoms with Crippen molar-refractivity contribution >= 4 is 55.4 Å². The third-order valence-corrected chi connectivity index (χ3v) is 7.18. The van der Waals surface area contributed by atoms with Crippen molar-refractivity contribution in [1.29, 1.82) is 5.26 Å². The summed E-state index contributed by atoms with van der Waals surface area (Å²) in [4.78, 5) is 28.6. The largest absolute Gasteiger partial charge is 0.332 e. The van der Waals surface area contributed by atoms with Crippen LogP contribution < -0.4 is 5.32 Å². The van der Waals surface area contributed by atoms with Crippen molar-refractivity contribution in [2.45, 2.75) is 13.0 Å². The van der Waals surface area contributed by atoms with E-state index in [0.29, 0.717) is 40.5 Å². The van der Waals surface area contributed by atoms with Crippen molar-refractivity contribution in [3.63, 3.8) is 0 Å². The molecule has 0 fully saturated rings. The predicted octanol–water partition coefficient (Wildman–Crippen LogP) is 3.63. The molecule has 0 saturated heterocycles. The summed E-state index contributed by atoms with van der Waals surface area (Å²) in [7, 11) is 1.74. The van der Waals surface area contributed by atoms with Gasteiger partial charge in [0.2, 0.25) is 0 Å². The lowest BCUT2D eigenvalue weighted by atomic mass is 10.0. The first-order valence-electron chi connectivity index (χ1n) is 8.35. The number of nitrogens with zero attached hydrogens (tertiary/aromatic N) is 4. The lowest BCUT2D eigenvalue weighted by Gasteiger charge is -2.26. The number of nitriles is 1. The van der Waals surface area contributed by atoms with Gasteiger partial charge in [-0.2, -0.15) is 10.4 Å². The quantitative estimate of drug-likeness (QED) is 0.625. The molecule has 0 unspecified atom stereocenters. The van der Waals surface area contributed by atoms with E-state index < -0.39 is 0 Å². The second-order valence-corrected chi connectivity index (χ2v) is 9.83. The zero-order chi connectivity index (χ0) is 19.8. The monoisotopic (exact) mass is 475 g/mol. The van der Waals surface area contributed by atoms with Crippen LogP contribution in [0.25, 0.3) is 0 Å². The average molecular weight is 476 g/mol. The van der Waals surface area contributed by atoms with E-state index in [-0.39, 0.29) is 11.8 Å². The summed E-state index contributed by atoms with van der Waals surface area (Å²) < 4.78 is 2.46. The number of carbonyl (C=O) groups excluding carboxylic acids is 2. The molecule has 0 aliphatic carbocycles. The Hall–Kier alpha value is -2.48. The molecule has 7 nitrogen and oxygen atoms in total. The Morgan fingerprint density at radius 1 is 1.36 bits per heavy atom. The number of halogens is 1. The molecule has 0 spiro atoms. The first-order chi connectivity index (χ1) is 13.5. The molecular weight excluding hydrogens is 462 g/mol. The number of anilines is 1. The molecule has 142 valence electrons. The van der Waals surface area contributed by atoms with Gasteiger partial charge in [0.05, 0.1) is 32.5 Å². The first kappa shape index (κ1) is 18.9. The van der Waals surface area contributed by atoms with Gasteiger partial charge >= 0.3 is 0 Å². The van der Waals surface area contributed by atoms with Gasteiger partial charge in [0.25, 0.3) is 11.8 Å². The Bertz CT molecular complexity index is 1120. The maximum atomic E-state index is 12.7. The van der Waals surface area contributed by atoms with Crippen LogP contribution in [0.15, 0.2) is 28.3 Å². The maximum absolute atomic E-state index is 12.7. The topological polar surface area (TPSA) is 91.0 Å². The van der Waals surface area contributed by atoms with Gasteiger partial charge in [-0.3, -0.25) is 14.3 Å². The summed E-state index contributed by atoms with van der Waals surface area (Å²) in [6, 6.07) is 5.88. The zero-order valence-electron chi connectivity index (χ0n) is 14.7. The van der Waals surface area contributed by atoms with E-state index in [0.717, 1.165) is 14.2 Å². The van der Waals surface area contributed by atoms with Crippen LogP contribution >= 0.6 is 38.6 Å². The smallest absolute Gasteiger partial charge is 0.264 e. The van der Waals surface area contributed by atoms with E-state index in [1.807, 2.05) is 6.07 Å². The van der Waals surface area contributed by atoms with Gasteiger partial charge in [-0.25, -0.2) is 0 Å². The summed E-state index contributed by atoms with van der Waals surface area (Å²) in [5.74, 6) is -0.325. The SMILES string of the molecule is Cn1cc(C(=O)Nc2sc3c(c2C#N)CCN(C(=O)c2ccc(Br)s2)C3)cn1. The zero-order valence-corrected chi connectivity index (χ0v) is 17.9. The van der Waals surface area contributed by atoms with E-state index >= 15 is 0 Å². The highest BCUT2D eigenvalue weighted by atomic mass is 79.9. The normalized spacial score (nSPS) is 13.1. The predicted molar refractivity (Wildman–Crippen MR) is 111 cm³/mol. The van der Waals surface area contributed by atoms with Crippen LogP contribution in [0, 0.1) is 11.3 Å². The molecule has 2 amide bonds. The van der Waals surface area contributed by atoms with Crippen molar-refractivity contribution in [2.24, 2.45) is 7.05 Å². The summed E-state index contributed by atoms with van der Waals surface area (Å²) in [5, 5.41) is 17.0. The fraction of sp³-hybridized carbons (Fsp3) is 0.222. The Balaban J connectivity index is 1.56. The molecule has 28 heavy (non-hydrogen) atoms. The highest BCUT2D eigenvalue weighted by Gasteiger charge is 2.28. The maximum Gasteiger partial charge on any atom is 0.264 e. The second kappa shape index (κ2) is 7.50. The van der Waals surface area contributed by atoms with Gasteiger partial charge in [0.1, 0.15) is 11.1 Å². The minimum absolute atomic E-state index is 0.0193. The van der Waals surface area contributed by atoms with E-state index in [9.17, 15) is 14.9 Å². The van der Waals surface area contributed by atoms with Crippen LogP contribution in [0.5, 0.6) is 0 Å². The number of amides is 2. The van der Waals surface area contributed by atoms with E-state index in [4.69, 9.17) is 0 Å². The molecule has 3 aromatic rings. The molecule has 0 aromatic carbocycles. The lowest BCUT2D eigenvalue weighted by molar-refractivity contribution is 0.0742. The van der Waals surface area contributed by atoms with E-state index in [1.165, 1.54) is 28.9 Å². The molecule has 0 radical (unpaired) electrons. The third-order valence-electron chi connectivity index (χ3n) is 4.43. The standard InChI is InChI=1S/C18H14BrN5O2S2/c1-23-8-10(7-21-23)16(25)22-17-12(6-20)11-4-5-24(9-14(11)28-17)18(26)13-2-3-15(19)27-13/h2-3,7-8H,4-5,9H2,1H3,(H,22,25). The molecule has 0 bridgehead atoms. The van der Waals surface area contributed by atoms with Crippen molar-refractivity contribution in [3.8, 4) is 6.07 Å². The minimum Gasteiger partial charge on any atom is -0.332 e. The van der Waals surface area contributed by atoms with Crippen molar-refractivity contribution in [2.75, 3.05) is 11.9 Å². The molecule has 4 heterocycles. The van der Waals surface area contributed by atoms with Crippen LogP contribution in [-0.2, 0) is 20.0 Å². The highest BCUT2D eigenvalue weighted by molar-refractivity contribution is 9.11. The summed E-state index contributed by atoms with van der Waals surface area (Å²) in [6.07, 6.45) is 3.69. The minimum atomic E-state index is -0.306. The Labute approximate surface area is 177 Å². The Morgan fingerprint density at radius 3 is 2.82 bits per heavy atom. The summed E-state index contributed by atoms with van der Waals surface area (Å²) in [6.45, 7) is 0.981. The number of hydrogen-bond donors (Lipinski definition) is 1. The van der Waals surface area contributed by atoms with Crippen molar-refractivity contribution < 1.29 is 9.59 Å². The molecule has 1 aliphatic rings. The van der Waals surface area contributed by atoms with Crippen LogP contribution in [-0.4, -0.2) is 33.0 Å². The fourth-order valence-electron chi connectivity index (χ4n) is 3.08. The molecule has 3 aromatic heterocycles. The Morgan fingerprint density at radius 2 is 2.18 bits per heavy atom. The first-order valence-corrected chi connectivity index (χ1v) is 10.8. The number of nitrogens with one attached hydrogen (secondary N) is 1. The highest BCUT2D eigenvalue weighted by Crippen LogP contribution is 2.37. The number of fused-ring (bicyclic) bond motifs is 1. The van der Waals surface area contributed by atoms with Crippen LogP contribution in [0.1, 0.15) is 36.0 Å². The summed E-state index contributed by atoms with van der Waals surface area (Å²) in [5.41, 5.74) is 1.84.